The summed E-state index contributed by atoms with van der Waals surface area (Å²) in [6.07, 6.45) is 2.13. The second kappa shape index (κ2) is 8.48. The smallest absolute Gasteiger partial charge is 0.313 e. The Morgan fingerprint density at radius 3 is 2.59 bits per heavy atom. The number of ether oxygens (including phenoxy) is 1. The Kier molecular flexibility index (Phi) is 5.88. The molecular formula is C27H26ClNO3. The van der Waals surface area contributed by atoms with Gasteiger partial charge in [0.25, 0.3) is 5.91 Å². The summed E-state index contributed by atoms with van der Waals surface area (Å²) >= 11 is 5.90. The van der Waals surface area contributed by atoms with Crippen LogP contribution < -0.4 is 5.32 Å². The molecular weight excluding hydrogens is 422 g/mol. The van der Waals surface area contributed by atoms with Crippen LogP contribution in [0.2, 0.25) is 5.02 Å². The molecule has 0 spiro atoms. The molecule has 2 aromatic rings. The van der Waals surface area contributed by atoms with Crippen LogP contribution in [0.3, 0.4) is 0 Å². The number of nitrogens with one attached hydrogen (secondary N) is 1. The summed E-state index contributed by atoms with van der Waals surface area (Å²) in [5.74, 6) is 6.06. The lowest BCUT2D eigenvalue weighted by molar-refractivity contribution is -0.146. The largest absolute Gasteiger partial charge is 0.465 e. The van der Waals surface area contributed by atoms with Gasteiger partial charge in [0, 0.05) is 22.1 Å². The Balaban J connectivity index is 1.43. The molecule has 2 fully saturated rings. The summed E-state index contributed by atoms with van der Waals surface area (Å²) in [5.41, 5.74) is 2.30. The molecule has 1 N–H and O–H groups in total. The van der Waals surface area contributed by atoms with Crippen LogP contribution in [0.15, 0.2) is 60.7 Å². The van der Waals surface area contributed by atoms with E-state index in [0.29, 0.717) is 30.0 Å². The number of hydrogen-bond acceptors (Lipinski definition) is 3. The molecule has 2 unspecified atom stereocenters. The molecule has 0 bridgehead atoms. The van der Waals surface area contributed by atoms with Crippen LogP contribution in [0.25, 0.3) is 0 Å². The fourth-order valence-corrected chi connectivity index (χ4v) is 4.68. The highest BCUT2D eigenvalue weighted by atomic mass is 35.5. The van der Waals surface area contributed by atoms with Gasteiger partial charge in [0.1, 0.15) is 0 Å². The molecule has 1 aliphatic carbocycles. The number of fused-ring (bicyclic) bond motifs is 1. The van der Waals surface area contributed by atoms with Gasteiger partial charge in [0.2, 0.25) is 0 Å². The molecule has 4 rings (SSSR count). The van der Waals surface area contributed by atoms with E-state index in [2.05, 4.69) is 23.7 Å². The minimum absolute atomic E-state index is 0.121. The number of carbonyl (C=O) groups is 2. The lowest BCUT2D eigenvalue weighted by atomic mass is 9.75. The summed E-state index contributed by atoms with van der Waals surface area (Å²) < 4.78 is 5.36. The van der Waals surface area contributed by atoms with E-state index in [9.17, 15) is 9.59 Å². The van der Waals surface area contributed by atoms with E-state index in [1.54, 1.807) is 24.3 Å². The predicted molar refractivity (Wildman–Crippen MR) is 125 cm³/mol. The second-order valence-corrected chi connectivity index (χ2v) is 9.73. The number of benzene rings is 2. The second-order valence-electron chi connectivity index (χ2n) is 9.29. The monoisotopic (exact) mass is 447 g/mol. The van der Waals surface area contributed by atoms with Crippen molar-refractivity contribution in [3.8, 4) is 11.8 Å². The number of cyclic esters (lactones) is 1. The SMILES string of the molecule is C=C1CC2COC(=O)C2(Cc2ccc(C(=O)NC(C)(C)C#Cc3ccc(Cl)cc3)cc2)C1. The molecule has 2 aromatic carbocycles. The molecule has 1 amide bonds. The van der Waals surface area contributed by atoms with E-state index < -0.39 is 11.0 Å². The van der Waals surface area contributed by atoms with Gasteiger partial charge in [-0.2, -0.15) is 0 Å². The summed E-state index contributed by atoms with van der Waals surface area (Å²) in [7, 11) is 0. The van der Waals surface area contributed by atoms with Crippen LogP contribution in [-0.4, -0.2) is 24.0 Å². The van der Waals surface area contributed by atoms with Crippen LogP contribution in [0, 0.1) is 23.2 Å². The van der Waals surface area contributed by atoms with Crippen LogP contribution in [-0.2, 0) is 16.0 Å². The Hall–Kier alpha value is -3.03. The van der Waals surface area contributed by atoms with Gasteiger partial charge in [-0.25, -0.2) is 0 Å². The first kappa shape index (κ1) is 22.2. The first-order chi connectivity index (χ1) is 15.2. The molecule has 1 heterocycles. The summed E-state index contributed by atoms with van der Waals surface area (Å²) in [5, 5.41) is 3.63. The average molecular weight is 448 g/mol. The van der Waals surface area contributed by atoms with Crippen LogP contribution in [0.1, 0.15) is 48.2 Å². The number of hydrogen-bond donors (Lipinski definition) is 1. The summed E-state index contributed by atoms with van der Waals surface area (Å²) in [6, 6.07) is 14.7. The van der Waals surface area contributed by atoms with E-state index in [-0.39, 0.29) is 17.8 Å². The van der Waals surface area contributed by atoms with Crippen molar-refractivity contribution in [1.29, 1.82) is 0 Å². The number of halogens is 1. The minimum Gasteiger partial charge on any atom is -0.465 e. The van der Waals surface area contributed by atoms with Crippen molar-refractivity contribution in [1.82, 2.24) is 5.32 Å². The van der Waals surface area contributed by atoms with Crippen LogP contribution >= 0.6 is 11.6 Å². The number of allylic oxidation sites excluding steroid dienone is 1. The molecule has 32 heavy (non-hydrogen) atoms. The van der Waals surface area contributed by atoms with Gasteiger partial charge >= 0.3 is 5.97 Å². The molecule has 5 heteroatoms. The fraction of sp³-hybridized carbons (Fsp3) is 0.333. The van der Waals surface area contributed by atoms with Gasteiger partial charge in [0.05, 0.1) is 17.6 Å². The highest BCUT2D eigenvalue weighted by molar-refractivity contribution is 6.30. The molecule has 1 saturated carbocycles. The summed E-state index contributed by atoms with van der Waals surface area (Å²) in [4.78, 5) is 25.3. The van der Waals surface area contributed by atoms with Crippen molar-refractivity contribution in [2.24, 2.45) is 11.3 Å². The lowest BCUT2D eigenvalue weighted by Gasteiger charge is -2.24. The minimum atomic E-state index is -0.709. The Morgan fingerprint density at radius 2 is 1.91 bits per heavy atom. The standard InChI is InChI=1S/C27H26ClNO3/c1-18-14-22-17-32-25(31)27(22,15-18)16-20-4-8-21(9-5-20)24(30)29-26(2,3)13-12-19-6-10-23(28)11-7-19/h4-11,22H,1,14-17H2,2-3H3,(H,29,30). The lowest BCUT2D eigenvalue weighted by Crippen LogP contribution is -2.42. The molecule has 0 aromatic heterocycles. The van der Waals surface area contributed by atoms with Gasteiger partial charge < -0.3 is 10.1 Å². The Morgan fingerprint density at radius 1 is 1.22 bits per heavy atom. The number of amides is 1. The van der Waals surface area contributed by atoms with Crippen molar-refractivity contribution in [3.05, 3.63) is 82.4 Å². The van der Waals surface area contributed by atoms with E-state index in [0.717, 1.165) is 23.1 Å². The number of rotatable bonds is 4. The van der Waals surface area contributed by atoms with Crippen LogP contribution in [0.4, 0.5) is 0 Å². The Bertz CT molecular complexity index is 1120. The van der Waals surface area contributed by atoms with Crippen LogP contribution in [0.5, 0.6) is 0 Å². The topological polar surface area (TPSA) is 55.4 Å². The van der Waals surface area contributed by atoms with E-state index in [1.165, 1.54) is 0 Å². The van der Waals surface area contributed by atoms with Crippen molar-refractivity contribution in [2.75, 3.05) is 6.61 Å². The molecule has 1 saturated heterocycles. The Labute approximate surface area is 194 Å². The molecule has 164 valence electrons. The number of carbonyl (C=O) groups excluding carboxylic acids is 2. The van der Waals surface area contributed by atoms with Crippen molar-refractivity contribution < 1.29 is 14.3 Å². The zero-order chi connectivity index (χ0) is 22.9. The maximum atomic E-state index is 12.8. The third-order valence-corrected chi connectivity index (χ3v) is 6.48. The van der Waals surface area contributed by atoms with E-state index >= 15 is 0 Å². The quantitative estimate of drug-likeness (QED) is 0.410. The third-order valence-electron chi connectivity index (χ3n) is 6.23. The normalized spacial score (nSPS) is 22.0. The van der Waals surface area contributed by atoms with Gasteiger partial charge in [-0.15, -0.1) is 0 Å². The van der Waals surface area contributed by atoms with Gasteiger partial charge in [-0.05, 0) is 75.1 Å². The van der Waals surface area contributed by atoms with Gasteiger partial charge in [-0.3, -0.25) is 9.59 Å². The predicted octanol–water partition coefficient (Wildman–Crippen LogP) is 4.95. The third kappa shape index (κ3) is 4.59. The van der Waals surface area contributed by atoms with Gasteiger partial charge in [0.15, 0.2) is 0 Å². The maximum Gasteiger partial charge on any atom is 0.313 e. The highest BCUT2D eigenvalue weighted by Crippen LogP contribution is 2.52. The first-order valence-electron chi connectivity index (χ1n) is 10.7. The van der Waals surface area contributed by atoms with Crippen molar-refractivity contribution in [3.63, 3.8) is 0 Å². The van der Waals surface area contributed by atoms with E-state index in [1.807, 2.05) is 38.1 Å². The molecule has 2 aliphatic rings. The molecule has 4 nitrogen and oxygen atoms in total. The average Bonchev–Trinajstić information content (AvgIpc) is 3.21. The fourth-order valence-electron chi connectivity index (χ4n) is 4.55. The first-order valence-corrected chi connectivity index (χ1v) is 11.1. The highest BCUT2D eigenvalue weighted by Gasteiger charge is 2.55. The zero-order valence-electron chi connectivity index (χ0n) is 18.3. The zero-order valence-corrected chi connectivity index (χ0v) is 19.1. The van der Waals surface area contributed by atoms with Crippen molar-refractivity contribution in [2.45, 2.75) is 38.6 Å². The summed E-state index contributed by atoms with van der Waals surface area (Å²) in [6.45, 7) is 8.29. The van der Waals surface area contributed by atoms with Crippen molar-refractivity contribution >= 4 is 23.5 Å². The molecule has 0 radical (unpaired) electrons. The molecule has 2 atom stereocenters. The maximum absolute atomic E-state index is 12.8. The number of esters is 1. The van der Waals surface area contributed by atoms with E-state index in [4.69, 9.17) is 16.3 Å². The molecule has 1 aliphatic heterocycles. The van der Waals surface area contributed by atoms with Gasteiger partial charge in [-0.1, -0.05) is 47.7 Å².